The van der Waals surface area contributed by atoms with Gasteiger partial charge in [-0.3, -0.25) is 38.8 Å². The molecule has 16 nitrogen and oxygen atoms in total. The number of likely N-dealkylation sites (N-methyl/N-ethyl adjacent to an activating group) is 1. The van der Waals surface area contributed by atoms with Gasteiger partial charge < -0.3 is 35.2 Å². The Balaban J connectivity index is 0.00000744. The first-order valence-electron chi connectivity index (χ1n) is 19.0. The molecule has 1 aromatic heterocycles. The van der Waals surface area contributed by atoms with Gasteiger partial charge in [0.1, 0.15) is 0 Å². The van der Waals surface area contributed by atoms with Gasteiger partial charge in [-0.05, 0) is 37.3 Å². The number of aliphatic carboxylic acids is 3. The van der Waals surface area contributed by atoms with Crippen LogP contribution in [0.1, 0.15) is 11.1 Å². The number of carbonyl (C=O) groups is 4. The molecule has 3 aromatic carbocycles. The summed E-state index contributed by atoms with van der Waals surface area (Å²) in [6.07, 6.45) is 2.05. The zero-order chi connectivity index (χ0) is 41.2. The van der Waals surface area contributed by atoms with Crippen molar-refractivity contribution in [2.45, 2.75) is 13.1 Å². The van der Waals surface area contributed by atoms with Gasteiger partial charge in [-0.2, -0.15) is 4.57 Å². The monoisotopic (exact) mass is 939 g/mol. The molecule has 1 radical (unpaired) electrons. The van der Waals surface area contributed by atoms with Crippen molar-refractivity contribution in [1.29, 1.82) is 0 Å². The minimum Gasteiger partial charge on any atom is -0.480 e. The molecule has 1 aliphatic heterocycles. The summed E-state index contributed by atoms with van der Waals surface area (Å²) in [6.45, 7) is 2.58. The van der Waals surface area contributed by atoms with Crippen LogP contribution in [0.4, 0.5) is 0 Å². The van der Waals surface area contributed by atoms with E-state index in [-0.39, 0.29) is 81.5 Å². The molecule has 18 heteroatoms. The van der Waals surface area contributed by atoms with Crippen molar-refractivity contribution in [3.8, 4) is 5.69 Å². The molecule has 0 spiro atoms. The van der Waals surface area contributed by atoms with Crippen molar-refractivity contribution in [2.75, 3.05) is 99.7 Å². The number of pyridine rings is 1. The number of benzene rings is 3. The summed E-state index contributed by atoms with van der Waals surface area (Å²) in [6, 6.07) is 19.6. The van der Waals surface area contributed by atoms with Crippen LogP contribution in [-0.4, -0.2) is 185 Å². The van der Waals surface area contributed by atoms with Crippen LogP contribution in [0, 0.1) is 49.4 Å². The van der Waals surface area contributed by atoms with E-state index in [1.54, 1.807) is 32.7 Å². The number of rotatable bonds is 14. The standard InChI is InChI=1S/C40H52BN7O9.Eu/c1-42(2)24-33-34(41(56)57)9-6-10-35(33)48-23-30-7-4-5-8-31(30)32-21-29(11-12-36(32)48)22-43(3)37(49)25-44-13-15-45(26-38(50)51)17-19-47(28-40(54)55)20-18-46(16-14-44)27-39(52)53;/h4-12,21,23,56-57H,13-20,22,24-28H2,1-3H3,(H2-,50,51,52,53,54,55);/p+1. The summed E-state index contributed by atoms with van der Waals surface area (Å²) < 4.78 is 2.07. The third kappa shape index (κ3) is 13.3. The van der Waals surface area contributed by atoms with Crippen LogP contribution in [-0.2, 0) is 32.3 Å². The summed E-state index contributed by atoms with van der Waals surface area (Å²) in [5.41, 5.74) is 3.83. The van der Waals surface area contributed by atoms with Crippen LogP contribution in [0.3, 0.4) is 0 Å². The zero-order valence-corrected chi connectivity index (χ0v) is 35.6. The third-order valence-corrected chi connectivity index (χ3v) is 10.3. The summed E-state index contributed by atoms with van der Waals surface area (Å²) in [7, 11) is 3.95. The Bertz CT molecular complexity index is 2040. The molecule has 311 valence electrons. The fourth-order valence-electron chi connectivity index (χ4n) is 7.38. The number of aromatic nitrogens is 1. The van der Waals surface area contributed by atoms with Gasteiger partial charge in [0.25, 0.3) is 0 Å². The number of carboxylic acids is 3. The molecule has 0 aliphatic carbocycles. The molecule has 1 amide bonds. The minimum atomic E-state index is -1.64. The number of carbonyl (C=O) groups excluding carboxylic acids is 1. The Morgan fingerprint density at radius 2 is 1.17 bits per heavy atom. The molecule has 0 atom stereocenters. The van der Waals surface area contributed by atoms with Crippen molar-refractivity contribution >= 4 is 58.1 Å². The summed E-state index contributed by atoms with van der Waals surface area (Å²) in [5.74, 6) is -3.21. The van der Waals surface area contributed by atoms with Gasteiger partial charge in [0.15, 0.2) is 6.20 Å². The van der Waals surface area contributed by atoms with Gasteiger partial charge in [-0.25, -0.2) is 0 Å². The third-order valence-electron chi connectivity index (χ3n) is 10.3. The average molecular weight is 939 g/mol. The number of hydrogen-bond acceptors (Lipinski definition) is 11. The van der Waals surface area contributed by atoms with E-state index < -0.39 is 25.0 Å². The fraction of sp³-hybridized carbons (Fsp3) is 0.425. The van der Waals surface area contributed by atoms with Crippen LogP contribution in [0.15, 0.2) is 66.9 Å². The zero-order valence-electron chi connectivity index (χ0n) is 33.2. The van der Waals surface area contributed by atoms with Crippen LogP contribution in [0.2, 0.25) is 0 Å². The molecule has 1 fully saturated rings. The first kappa shape index (κ1) is 47.3. The second-order valence-electron chi connectivity index (χ2n) is 14.9. The number of nitrogens with zero attached hydrogens (tertiary/aromatic N) is 7. The molecule has 1 saturated heterocycles. The van der Waals surface area contributed by atoms with Crippen LogP contribution in [0.25, 0.3) is 27.4 Å². The summed E-state index contributed by atoms with van der Waals surface area (Å²) >= 11 is 0. The first-order valence-corrected chi connectivity index (χ1v) is 19.0. The van der Waals surface area contributed by atoms with Gasteiger partial charge in [-0.1, -0.05) is 36.4 Å². The Morgan fingerprint density at radius 1 is 0.655 bits per heavy atom. The van der Waals surface area contributed by atoms with Gasteiger partial charge >= 0.3 is 25.0 Å². The van der Waals surface area contributed by atoms with Crippen LogP contribution >= 0.6 is 0 Å². The van der Waals surface area contributed by atoms with E-state index in [0.717, 1.165) is 38.5 Å². The van der Waals surface area contributed by atoms with E-state index in [4.69, 9.17) is 0 Å². The molecular formula is C40H53BEuN7O9+. The Hall–Kier alpha value is -3.42. The summed E-state index contributed by atoms with van der Waals surface area (Å²) in [5, 5.41) is 52.0. The molecule has 5 rings (SSSR count). The maximum atomic E-state index is 13.8. The molecular weight excluding hydrogens is 885 g/mol. The summed E-state index contributed by atoms with van der Waals surface area (Å²) in [4.78, 5) is 59.4. The molecule has 0 bridgehead atoms. The molecule has 58 heavy (non-hydrogen) atoms. The maximum Gasteiger partial charge on any atom is 0.489 e. The SMILES string of the molecule is CN(C)Cc1c(B(O)O)cccc1-[n+]1cc2ccccc2c2cc(CN(C)C(=O)CN3CCN(CC(=O)O)CCN(CC(=O)O)CCN(CC(=O)O)CC3)ccc21.[Eu]. The van der Waals surface area contributed by atoms with Gasteiger partial charge in [0.2, 0.25) is 17.1 Å². The maximum absolute atomic E-state index is 13.8. The van der Waals surface area contributed by atoms with E-state index in [1.165, 1.54) is 0 Å². The molecule has 5 N–H and O–H groups in total. The van der Waals surface area contributed by atoms with Gasteiger partial charge in [0, 0.05) is 150 Å². The van der Waals surface area contributed by atoms with E-state index in [0.29, 0.717) is 70.9 Å². The Kier molecular flexibility index (Phi) is 18.1. The van der Waals surface area contributed by atoms with E-state index >= 15 is 0 Å². The van der Waals surface area contributed by atoms with Crippen molar-refractivity contribution in [1.82, 2.24) is 29.4 Å². The normalized spacial score (nSPS) is 15.4. The molecule has 4 aromatic rings. The minimum absolute atomic E-state index is 0. The predicted molar refractivity (Wildman–Crippen MR) is 215 cm³/mol. The van der Waals surface area contributed by atoms with E-state index in [9.17, 15) is 44.5 Å². The van der Waals surface area contributed by atoms with Gasteiger partial charge in [0.05, 0.1) is 31.6 Å². The molecule has 0 saturated carbocycles. The topological polar surface area (TPSA) is 193 Å². The largest absolute Gasteiger partial charge is 0.489 e. The van der Waals surface area contributed by atoms with Crippen molar-refractivity contribution in [2.24, 2.45) is 0 Å². The number of hydrogen-bond donors (Lipinski definition) is 5. The second kappa shape index (κ2) is 22.3. The molecule has 2 heterocycles. The van der Waals surface area contributed by atoms with Crippen LogP contribution < -0.4 is 10.0 Å². The van der Waals surface area contributed by atoms with E-state index in [2.05, 4.69) is 16.7 Å². The number of carboxylic acid groups (broad SMARTS) is 3. The number of amides is 1. The second-order valence-corrected chi connectivity index (χ2v) is 14.9. The van der Waals surface area contributed by atoms with Crippen LogP contribution in [0.5, 0.6) is 0 Å². The van der Waals surface area contributed by atoms with Gasteiger partial charge in [-0.15, -0.1) is 0 Å². The van der Waals surface area contributed by atoms with Crippen molar-refractivity contribution in [3.05, 3.63) is 78.0 Å². The molecule has 1 aliphatic rings. The Labute approximate surface area is 379 Å². The molecule has 0 unspecified atom stereocenters. The van der Waals surface area contributed by atoms with Crippen molar-refractivity contribution < 1.29 is 98.5 Å². The first-order chi connectivity index (χ1) is 27.2. The fourth-order valence-corrected chi connectivity index (χ4v) is 7.38. The quantitative estimate of drug-likeness (QED) is 0.0615. The Morgan fingerprint density at radius 3 is 1.67 bits per heavy atom. The smallest absolute Gasteiger partial charge is 0.480 e. The van der Waals surface area contributed by atoms with E-state index in [1.807, 2.05) is 72.6 Å². The van der Waals surface area contributed by atoms with Crippen molar-refractivity contribution in [3.63, 3.8) is 0 Å². The average Bonchev–Trinajstić information content (AvgIpc) is 3.14. The predicted octanol–water partition coefficient (Wildman–Crippen LogP) is -0.555. The number of fused-ring (bicyclic) bond motifs is 3.